The first-order valence-corrected chi connectivity index (χ1v) is 23.2. The van der Waals surface area contributed by atoms with Gasteiger partial charge in [0, 0.05) is 115 Å². The van der Waals surface area contributed by atoms with E-state index in [1.54, 1.807) is 55.3 Å². The molecule has 20 heteroatoms. The number of azide groups is 2. The van der Waals surface area contributed by atoms with Crippen LogP contribution in [-0.2, 0) is 39.9 Å². The topological polar surface area (TPSA) is 235 Å². The second-order valence-corrected chi connectivity index (χ2v) is 16.8. The van der Waals surface area contributed by atoms with E-state index in [1.165, 1.54) is 13.1 Å². The van der Waals surface area contributed by atoms with Crippen LogP contribution in [0.5, 0.6) is 0 Å². The summed E-state index contributed by atoms with van der Waals surface area (Å²) in [7, 11) is 6.82. The molecule has 0 aliphatic rings. The van der Waals surface area contributed by atoms with Gasteiger partial charge in [0.25, 0.3) is 0 Å². The minimum absolute atomic E-state index is 0. The summed E-state index contributed by atoms with van der Waals surface area (Å²) >= 11 is 0. The fraction of sp³-hybridized carbons (Fsp3) is 0.722. The molecule has 0 atom stereocenters. The molecular weight excluding hydrogens is 801 g/mol. The number of pyridine rings is 1. The Hall–Kier alpha value is -2.80. The number of aromatic nitrogens is 1. The lowest BCUT2D eigenvalue weighted by Gasteiger charge is -2.06. The van der Waals surface area contributed by atoms with Gasteiger partial charge in [0.1, 0.15) is 17.3 Å². The molecule has 0 saturated carbocycles. The van der Waals surface area contributed by atoms with Crippen molar-refractivity contribution in [2.24, 2.45) is 10.2 Å². The standard InChI is InChI=1S/C18H25N5O3S2.C17H31N3O5S2.CH4/c1-14(24)20-9-11-28-27-10-3-5-17(25)4-2-6-18(26)15-7-8-16(21-12-15)13-22-23-19;1-2-16(21)6-15-27-26-14-3-4-17(22)5-8-23-10-12-25-13-11-24-9-7-19-20-18;/h7-8,12H,2-6,9-11,13H2,1H3,(H,20,24);2-15H2,1H3;1H4. The zero-order chi connectivity index (χ0) is 40.6. The summed E-state index contributed by atoms with van der Waals surface area (Å²) in [5, 5.41) is 9.50. The van der Waals surface area contributed by atoms with Crippen molar-refractivity contribution >= 4 is 72.2 Å². The fourth-order valence-corrected chi connectivity index (χ4v) is 8.11. The van der Waals surface area contributed by atoms with Gasteiger partial charge in [-0.3, -0.25) is 29.0 Å². The first kappa shape index (κ1) is 55.3. The van der Waals surface area contributed by atoms with Crippen molar-refractivity contribution in [1.29, 1.82) is 0 Å². The van der Waals surface area contributed by atoms with Gasteiger partial charge >= 0.3 is 0 Å². The molecule has 0 aliphatic heterocycles. The number of nitrogens with zero attached hydrogens (tertiary/aromatic N) is 7. The quantitative estimate of drug-likeness (QED) is 0.0166. The molecule has 0 aromatic carbocycles. The first-order chi connectivity index (χ1) is 26.7. The molecule has 1 aromatic heterocycles. The lowest BCUT2D eigenvalue weighted by Crippen LogP contribution is -2.22. The average molecular weight is 861 g/mol. The minimum Gasteiger partial charge on any atom is -0.379 e. The summed E-state index contributed by atoms with van der Waals surface area (Å²) in [6, 6.07) is 3.33. The highest BCUT2D eigenvalue weighted by molar-refractivity contribution is 8.77. The van der Waals surface area contributed by atoms with Gasteiger partial charge in [0.2, 0.25) is 5.91 Å². The second kappa shape index (κ2) is 41.8. The molecular formula is C36H60N8O8S4. The van der Waals surface area contributed by atoms with E-state index in [0.717, 1.165) is 35.9 Å². The van der Waals surface area contributed by atoms with Crippen molar-refractivity contribution in [3.8, 4) is 0 Å². The lowest BCUT2D eigenvalue weighted by atomic mass is 10.0. The Morgan fingerprint density at radius 2 is 1.27 bits per heavy atom. The molecule has 0 saturated heterocycles. The number of rotatable bonds is 36. The van der Waals surface area contributed by atoms with Crippen molar-refractivity contribution < 1.29 is 38.2 Å². The molecule has 316 valence electrons. The third kappa shape index (κ3) is 38.1. The zero-order valence-corrected chi connectivity index (χ0v) is 35.3. The van der Waals surface area contributed by atoms with Crippen LogP contribution < -0.4 is 5.32 Å². The van der Waals surface area contributed by atoms with E-state index in [-0.39, 0.29) is 37.2 Å². The molecule has 1 aromatic rings. The van der Waals surface area contributed by atoms with Crippen LogP contribution in [0.25, 0.3) is 20.9 Å². The number of Topliss-reactive ketones (excluding diaryl/α,β-unsaturated/α-hetero) is 4. The van der Waals surface area contributed by atoms with Crippen LogP contribution in [0.3, 0.4) is 0 Å². The Balaban J connectivity index is 0. The molecule has 1 amide bonds. The molecule has 56 heavy (non-hydrogen) atoms. The van der Waals surface area contributed by atoms with Crippen LogP contribution in [0.4, 0.5) is 0 Å². The van der Waals surface area contributed by atoms with Gasteiger partial charge in [-0.25, -0.2) is 0 Å². The molecule has 1 rings (SSSR count). The summed E-state index contributed by atoms with van der Waals surface area (Å²) in [5.74, 6) is 4.16. The summed E-state index contributed by atoms with van der Waals surface area (Å²) in [4.78, 5) is 67.0. The number of ether oxygens (including phenoxy) is 3. The SMILES string of the molecule is C.CC(=O)NCCSSCCCC(=O)CCCC(=O)c1ccc(CN=[N+]=[N-])nc1.CCC(=O)CCSSCCCC(=O)CCOCCOCCOCCN=[N+]=[N-]. The third-order valence-corrected chi connectivity index (χ3v) is 11.9. The molecule has 1 N–H and O–H groups in total. The van der Waals surface area contributed by atoms with E-state index in [1.807, 2.05) is 6.92 Å². The Morgan fingerprint density at radius 1 is 0.696 bits per heavy atom. The highest BCUT2D eigenvalue weighted by Gasteiger charge is 2.09. The lowest BCUT2D eigenvalue weighted by molar-refractivity contribution is -0.120. The Labute approximate surface area is 347 Å². The van der Waals surface area contributed by atoms with Crippen LogP contribution in [-0.4, -0.2) is 110 Å². The highest BCUT2D eigenvalue weighted by Crippen LogP contribution is 2.24. The number of nitrogens with one attached hydrogen (secondary N) is 1. The van der Waals surface area contributed by atoms with E-state index in [2.05, 4.69) is 30.4 Å². The molecule has 0 fully saturated rings. The minimum atomic E-state index is -0.0400. The van der Waals surface area contributed by atoms with Gasteiger partial charge in [0.05, 0.1) is 46.2 Å². The van der Waals surface area contributed by atoms with E-state index < -0.39 is 0 Å². The van der Waals surface area contributed by atoms with Crippen LogP contribution >= 0.6 is 43.2 Å². The van der Waals surface area contributed by atoms with E-state index in [4.69, 9.17) is 25.3 Å². The molecule has 0 bridgehead atoms. The number of carbonyl (C=O) groups excluding carboxylic acids is 5. The smallest absolute Gasteiger partial charge is 0.216 e. The molecule has 0 aliphatic carbocycles. The van der Waals surface area contributed by atoms with Crippen molar-refractivity contribution in [3.63, 3.8) is 0 Å². The Bertz CT molecular complexity index is 1320. The van der Waals surface area contributed by atoms with Crippen molar-refractivity contribution in [3.05, 3.63) is 50.5 Å². The molecule has 0 unspecified atom stereocenters. The van der Waals surface area contributed by atoms with Gasteiger partial charge in [-0.2, -0.15) is 0 Å². The van der Waals surface area contributed by atoms with Crippen molar-refractivity contribution in [2.75, 3.05) is 75.7 Å². The number of hydrogen-bond acceptors (Lipinski definition) is 15. The molecule has 1 heterocycles. The van der Waals surface area contributed by atoms with Crippen LogP contribution in [0.1, 0.15) is 102 Å². The summed E-state index contributed by atoms with van der Waals surface area (Å²) < 4.78 is 15.9. The zero-order valence-electron chi connectivity index (χ0n) is 32.0. The van der Waals surface area contributed by atoms with E-state index in [9.17, 15) is 24.0 Å². The number of carbonyl (C=O) groups is 5. The summed E-state index contributed by atoms with van der Waals surface area (Å²) in [5.41, 5.74) is 17.5. The predicted molar refractivity (Wildman–Crippen MR) is 230 cm³/mol. The number of hydrogen-bond donors (Lipinski definition) is 1. The Kier molecular flexibility index (Phi) is 41.3. The normalized spacial score (nSPS) is 10.2. The monoisotopic (exact) mass is 860 g/mol. The maximum absolute atomic E-state index is 12.1. The van der Waals surface area contributed by atoms with Crippen LogP contribution in [0.15, 0.2) is 28.6 Å². The third-order valence-electron chi connectivity index (χ3n) is 6.92. The Morgan fingerprint density at radius 3 is 1.86 bits per heavy atom. The molecule has 0 spiro atoms. The van der Waals surface area contributed by atoms with Crippen LogP contribution in [0, 0.1) is 0 Å². The van der Waals surface area contributed by atoms with Crippen molar-refractivity contribution in [1.82, 2.24) is 10.3 Å². The average Bonchev–Trinajstić information content (AvgIpc) is 3.18. The number of amides is 1. The number of ketones is 4. The largest absolute Gasteiger partial charge is 0.379 e. The maximum Gasteiger partial charge on any atom is 0.216 e. The summed E-state index contributed by atoms with van der Waals surface area (Å²) in [6.45, 7) is 7.16. The van der Waals surface area contributed by atoms with Gasteiger partial charge in [-0.1, -0.05) is 67.8 Å². The first-order valence-electron chi connectivity index (χ1n) is 18.2. The van der Waals surface area contributed by atoms with Crippen molar-refractivity contribution in [2.45, 2.75) is 92.0 Å². The van der Waals surface area contributed by atoms with Gasteiger partial charge in [-0.05, 0) is 42.5 Å². The fourth-order valence-electron chi connectivity index (χ4n) is 4.00. The predicted octanol–water partition coefficient (Wildman–Crippen LogP) is 8.58. The van der Waals surface area contributed by atoms with E-state index >= 15 is 0 Å². The van der Waals surface area contributed by atoms with Gasteiger partial charge in [-0.15, -0.1) is 0 Å². The molecule has 16 nitrogen and oxygen atoms in total. The van der Waals surface area contributed by atoms with Crippen LogP contribution in [0.2, 0.25) is 0 Å². The molecule has 0 radical (unpaired) electrons. The maximum atomic E-state index is 12.1. The van der Waals surface area contributed by atoms with Gasteiger partial charge in [0.15, 0.2) is 5.78 Å². The van der Waals surface area contributed by atoms with Gasteiger partial charge < -0.3 is 19.5 Å². The van der Waals surface area contributed by atoms with E-state index in [0.29, 0.717) is 121 Å². The summed E-state index contributed by atoms with van der Waals surface area (Å²) in [6.07, 6.45) is 7.22. The highest BCUT2D eigenvalue weighted by atomic mass is 33.1. The second-order valence-electron chi connectivity index (χ2n) is 11.4.